The van der Waals surface area contributed by atoms with Crippen LogP contribution in [0.4, 0.5) is 0 Å². The van der Waals surface area contributed by atoms with Crippen LogP contribution in [-0.4, -0.2) is 37.7 Å². The number of ether oxygens (including phenoxy) is 1. The fourth-order valence-electron chi connectivity index (χ4n) is 3.22. The molecule has 1 fully saturated rings. The van der Waals surface area contributed by atoms with Gasteiger partial charge in [0.05, 0.1) is 12.6 Å². The minimum absolute atomic E-state index is 0.184. The van der Waals surface area contributed by atoms with Gasteiger partial charge in [0, 0.05) is 40.7 Å². The molecule has 5 heteroatoms. The first-order chi connectivity index (χ1) is 11.7. The maximum Gasteiger partial charge on any atom is 0.124 e. The normalized spacial score (nSPS) is 16.8. The Labute approximate surface area is 160 Å². The van der Waals surface area contributed by atoms with Crippen LogP contribution in [0.2, 0.25) is 0 Å². The third kappa shape index (κ3) is 4.20. The molecule has 0 radical (unpaired) electrons. The highest BCUT2D eigenvalue weighted by atomic mass is 79.9. The minimum Gasteiger partial charge on any atom is -0.494 e. The molecule has 0 spiro atoms. The molecule has 1 unspecified atom stereocenters. The number of hydrogen-bond donors (Lipinski definition) is 1. The SMILES string of the molecule is CCOc1ccc(Br)cc1C(c1cccc(Br)c1)N1CCNCC1. The van der Waals surface area contributed by atoms with Crippen molar-refractivity contribution in [2.24, 2.45) is 0 Å². The van der Waals surface area contributed by atoms with Crippen LogP contribution in [0.1, 0.15) is 24.1 Å². The first kappa shape index (κ1) is 17.9. The maximum atomic E-state index is 5.94. The monoisotopic (exact) mass is 452 g/mol. The van der Waals surface area contributed by atoms with Crippen molar-refractivity contribution in [1.82, 2.24) is 10.2 Å². The van der Waals surface area contributed by atoms with E-state index in [1.807, 2.05) is 13.0 Å². The summed E-state index contributed by atoms with van der Waals surface area (Å²) in [5.41, 5.74) is 2.50. The van der Waals surface area contributed by atoms with Gasteiger partial charge in [-0.1, -0.05) is 44.0 Å². The summed E-state index contributed by atoms with van der Waals surface area (Å²) in [5, 5.41) is 3.44. The van der Waals surface area contributed by atoms with Crippen LogP contribution in [0.15, 0.2) is 51.4 Å². The van der Waals surface area contributed by atoms with Crippen LogP contribution in [0.3, 0.4) is 0 Å². The number of benzene rings is 2. The third-order valence-corrected chi connectivity index (χ3v) is 5.23. The number of piperazine rings is 1. The van der Waals surface area contributed by atoms with E-state index in [1.165, 1.54) is 11.1 Å². The third-order valence-electron chi connectivity index (χ3n) is 4.25. The first-order valence-corrected chi connectivity index (χ1v) is 9.90. The zero-order chi connectivity index (χ0) is 16.9. The van der Waals surface area contributed by atoms with E-state index in [9.17, 15) is 0 Å². The van der Waals surface area contributed by atoms with Gasteiger partial charge in [0.15, 0.2) is 0 Å². The quantitative estimate of drug-likeness (QED) is 0.715. The number of nitrogens with zero attached hydrogens (tertiary/aromatic N) is 1. The standard InChI is InChI=1S/C19H22Br2N2O/c1-2-24-18-7-6-16(21)13-17(18)19(23-10-8-22-9-11-23)14-4-3-5-15(20)12-14/h3-7,12-13,19,22H,2,8-11H2,1H3. The Hall–Kier alpha value is -0.880. The van der Waals surface area contributed by atoms with Crippen LogP contribution < -0.4 is 10.1 Å². The minimum atomic E-state index is 0.184. The molecule has 1 saturated heterocycles. The Morgan fingerprint density at radius 3 is 2.54 bits per heavy atom. The predicted octanol–water partition coefficient (Wildman–Crippen LogP) is 4.60. The molecular formula is C19H22Br2N2O. The molecule has 0 aromatic heterocycles. The molecule has 0 amide bonds. The Morgan fingerprint density at radius 1 is 1.08 bits per heavy atom. The van der Waals surface area contributed by atoms with Gasteiger partial charge in [0.1, 0.15) is 5.75 Å². The fraction of sp³-hybridized carbons (Fsp3) is 0.368. The van der Waals surface area contributed by atoms with Crippen LogP contribution in [0.25, 0.3) is 0 Å². The second-order valence-electron chi connectivity index (χ2n) is 5.86. The van der Waals surface area contributed by atoms with Crippen molar-refractivity contribution in [3.05, 3.63) is 62.5 Å². The number of halogens is 2. The van der Waals surface area contributed by atoms with E-state index >= 15 is 0 Å². The van der Waals surface area contributed by atoms with Gasteiger partial charge in [-0.25, -0.2) is 0 Å². The van der Waals surface area contributed by atoms with E-state index in [-0.39, 0.29) is 6.04 Å². The molecule has 2 aromatic rings. The average Bonchev–Trinajstić information content (AvgIpc) is 2.59. The lowest BCUT2D eigenvalue weighted by molar-refractivity contribution is 0.194. The van der Waals surface area contributed by atoms with Crippen molar-refractivity contribution in [2.75, 3.05) is 32.8 Å². The van der Waals surface area contributed by atoms with E-state index in [0.717, 1.165) is 40.9 Å². The van der Waals surface area contributed by atoms with E-state index < -0.39 is 0 Å². The van der Waals surface area contributed by atoms with Gasteiger partial charge in [0.2, 0.25) is 0 Å². The first-order valence-electron chi connectivity index (χ1n) is 8.31. The van der Waals surface area contributed by atoms with E-state index in [0.29, 0.717) is 6.61 Å². The molecule has 0 aliphatic carbocycles. The smallest absolute Gasteiger partial charge is 0.124 e. The second kappa shape index (κ2) is 8.48. The highest BCUT2D eigenvalue weighted by Crippen LogP contribution is 2.37. The maximum absolute atomic E-state index is 5.94. The van der Waals surface area contributed by atoms with Crippen molar-refractivity contribution in [3.63, 3.8) is 0 Å². The summed E-state index contributed by atoms with van der Waals surface area (Å²) in [4.78, 5) is 2.53. The molecule has 24 heavy (non-hydrogen) atoms. The van der Waals surface area contributed by atoms with Crippen molar-refractivity contribution in [3.8, 4) is 5.75 Å². The van der Waals surface area contributed by atoms with E-state index in [4.69, 9.17) is 4.74 Å². The molecule has 3 nitrogen and oxygen atoms in total. The topological polar surface area (TPSA) is 24.5 Å². The number of rotatable bonds is 5. The van der Waals surface area contributed by atoms with Crippen molar-refractivity contribution in [2.45, 2.75) is 13.0 Å². The van der Waals surface area contributed by atoms with Crippen molar-refractivity contribution >= 4 is 31.9 Å². The van der Waals surface area contributed by atoms with E-state index in [2.05, 4.69) is 78.5 Å². The van der Waals surface area contributed by atoms with Crippen LogP contribution in [0, 0.1) is 0 Å². The zero-order valence-electron chi connectivity index (χ0n) is 13.8. The summed E-state index contributed by atoms with van der Waals surface area (Å²) in [5.74, 6) is 0.962. The molecule has 0 bridgehead atoms. The number of hydrogen-bond acceptors (Lipinski definition) is 3. The fourth-order valence-corrected chi connectivity index (χ4v) is 4.02. The van der Waals surface area contributed by atoms with Gasteiger partial charge in [0.25, 0.3) is 0 Å². The largest absolute Gasteiger partial charge is 0.494 e. The average molecular weight is 454 g/mol. The predicted molar refractivity (Wildman–Crippen MR) is 106 cm³/mol. The van der Waals surface area contributed by atoms with Gasteiger partial charge in [-0.15, -0.1) is 0 Å². The summed E-state index contributed by atoms with van der Waals surface area (Å²) < 4.78 is 8.13. The lowest BCUT2D eigenvalue weighted by Crippen LogP contribution is -2.45. The van der Waals surface area contributed by atoms with Gasteiger partial charge in [-0.3, -0.25) is 4.90 Å². The zero-order valence-corrected chi connectivity index (χ0v) is 16.9. The highest BCUT2D eigenvalue weighted by molar-refractivity contribution is 9.10. The molecule has 1 N–H and O–H groups in total. The summed E-state index contributed by atoms with van der Waals surface area (Å²) in [6, 6.07) is 15.1. The molecule has 1 atom stereocenters. The van der Waals surface area contributed by atoms with Gasteiger partial charge >= 0.3 is 0 Å². The Balaban J connectivity index is 2.08. The molecule has 1 aliphatic heterocycles. The van der Waals surface area contributed by atoms with Crippen molar-refractivity contribution < 1.29 is 4.74 Å². The van der Waals surface area contributed by atoms with Crippen LogP contribution in [0.5, 0.6) is 5.75 Å². The number of nitrogens with one attached hydrogen (secondary N) is 1. The van der Waals surface area contributed by atoms with Crippen molar-refractivity contribution in [1.29, 1.82) is 0 Å². The summed E-state index contributed by atoms with van der Waals surface area (Å²) in [6.45, 7) is 6.78. The Morgan fingerprint density at radius 2 is 1.83 bits per heavy atom. The lowest BCUT2D eigenvalue weighted by atomic mass is 9.95. The van der Waals surface area contributed by atoms with Gasteiger partial charge in [-0.05, 0) is 42.8 Å². The van der Waals surface area contributed by atoms with Crippen LogP contribution >= 0.6 is 31.9 Å². The summed E-state index contributed by atoms with van der Waals surface area (Å²) in [6.07, 6.45) is 0. The molecular weight excluding hydrogens is 432 g/mol. The summed E-state index contributed by atoms with van der Waals surface area (Å²) >= 11 is 7.25. The molecule has 1 heterocycles. The lowest BCUT2D eigenvalue weighted by Gasteiger charge is -2.36. The molecule has 0 saturated carbocycles. The Bertz CT molecular complexity index is 687. The van der Waals surface area contributed by atoms with Crippen LogP contribution in [-0.2, 0) is 0 Å². The molecule has 3 rings (SSSR count). The summed E-state index contributed by atoms with van der Waals surface area (Å²) in [7, 11) is 0. The molecule has 2 aromatic carbocycles. The Kier molecular flexibility index (Phi) is 6.33. The molecule has 128 valence electrons. The highest BCUT2D eigenvalue weighted by Gasteiger charge is 2.27. The van der Waals surface area contributed by atoms with Gasteiger partial charge in [-0.2, -0.15) is 0 Å². The molecule has 1 aliphatic rings. The van der Waals surface area contributed by atoms with Gasteiger partial charge < -0.3 is 10.1 Å². The van der Waals surface area contributed by atoms with E-state index in [1.54, 1.807) is 0 Å². The second-order valence-corrected chi connectivity index (χ2v) is 7.69.